The number of amides is 1. The van der Waals surface area contributed by atoms with Gasteiger partial charge in [-0.1, -0.05) is 36.3 Å². The van der Waals surface area contributed by atoms with Gasteiger partial charge < -0.3 is 9.47 Å². The van der Waals surface area contributed by atoms with E-state index in [2.05, 4.69) is 5.92 Å². The molecule has 2 aromatic rings. The molecule has 4 heteroatoms. The number of nitrogens with zero attached hydrogens (tertiary/aromatic N) is 1. The largest absolute Gasteiger partial charge is 0.497 e. The first-order valence-corrected chi connectivity index (χ1v) is 7.39. The van der Waals surface area contributed by atoms with Gasteiger partial charge in [-0.3, -0.25) is 9.69 Å². The number of benzene rings is 2. The van der Waals surface area contributed by atoms with Crippen molar-refractivity contribution in [1.29, 1.82) is 0 Å². The highest BCUT2D eigenvalue weighted by Gasteiger charge is 2.69. The van der Waals surface area contributed by atoms with Crippen LogP contribution in [-0.4, -0.2) is 19.6 Å². The van der Waals surface area contributed by atoms with Crippen molar-refractivity contribution in [3.05, 3.63) is 59.7 Å². The van der Waals surface area contributed by atoms with E-state index in [1.54, 1.807) is 12.0 Å². The van der Waals surface area contributed by atoms with Crippen molar-refractivity contribution in [3.8, 4) is 18.1 Å². The molecular weight excluding hydrogens is 290 g/mol. The fourth-order valence-electron chi connectivity index (χ4n) is 3.30. The zero-order chi connectivity index (χ0) is 16.0. The van der Waals surface area contributed by atoms with Crippen LogP contribution in [0.25, 0.3) is 0 Å². The van der Waals surface area contributed by atoms with Gasteiger partial charge in [-0.25, -0.2) is 0 Å². The molecule has 0 aliphatic carbocycles. The molecule has 2 heterocycles. The number of carbonyl (C=O) groups is 1. The second kappa shape index (κ2) is 4.87. The molecule has 2 aromatic carbocycles. The fraction of sp³-hybridized carbons (Fsp3) is 0.211. The number of methoxy groups -OCH3 is 1. The Morgan fingerprint density at radius 2 is 2.00 bits per heavy atom. The standard InChI is InChI=1S/C19H15NO3/c1-3-12-20-16-7-5-4-6-15(16)19(18(20)21)17(23-19)13-8-10-14(22-2)11-9-13/h1,4-11,17H,12H2,2H3/t17-,19+/m1/s1. The summed E-state index contributed by atoms with van der Waals surface area (Å²) in [6.07, 6.45) is 5.13. The van der Waals surface area contributed by atoms with Gasteiger partial charge in [0, 0.05) is 5.56 Å². The van der Waals surface area contributed by atoms with E-state index in [0.717, 1.165) is 22.6 Å². The lowest BCUT2D eigenvalue weighted by Gasteiger charge is -2.13. The van der Waals surface area contributed by atoms with Crippen LogP contribution in [0.1, 0.15) is 17.2 Å². The van der Waals surface area contributed by atoms with E-state index in [1.165, 1.54) is 0 Å². The van der Waals surface area contributed by atoms with Crippen molar-refractivity contribution in [2.24, 2.45) is 0 Å². The average Bonchev–Trinajstić information content (AvgIpc) is 3.31. The molecule has 23 heavy (non-hydrogen) atoms. The number of ether oxygens (including phenoxy) is 2. The number of para-hydroxylation sites is 1. The van der Waals surface area contributed by atoms with Gasteiger partial charge >= 0.3 is 0 Å². The van der Waals surface area contributed by atoms with Gasteiger partial charge in [0.05, 0.1) is 19.3 Å². The molecule has 0 N–H and O–H groups in total. The normalized spacial score (nSPS) is 24.4. The highest BCUT2D eigenvalue weighted by molar-refractivity contribution is 6.09. The lowest BCUT2D eigenvalue weighted by Crippen LogP contribution is -2.33. The Bertz CT molecular complexity index is 821. The van der Waals surface area contributed by atoms with Crippen LogP contribution in [0, 0.1) is 12.3 Å². The molecule has 4 rings (SSSR count). The summed E-state index contributed by atoms with van der Waals surface area (Å²) >= 11 is 0. The van der Waals surface area contributed by atoms with Gasteiger partial charge in [0.15, 0.2) is 0 Å². The minimum absolute atomic E-state index is 0.0857. The van der Waals surface area contributed by atoms with Crippen molar-refractivity contribution in [1.82, 2.24) is 0 Å². The highest BCUT2D eigenvalue weighted by Crippen LogP contribution is 2.63. The van der Waals surface area contributed by atoms with Crippen LogP contribution >= 0.6 is 0 Å². The Balaban J connectivity index is 1.75. The Hall–Kier alpha value is -2.77. The van der Waals surface area contributed by atoms with Crippen molar-refractivity contribution in [2.75, 3.05) is 18.6 Å². The number of fused-ring (bicyclic) bond motifs is 2. The first-order valence-electron chi connectivity index (χ1n) is 7.39. The molecule has 4 nitrogen and oxygen atoms in total. The number of rotatable bonds is 3. The first-order chi connectivity index (χ1) is 11.2. The second-order valence-electron chi connectivity index (χ2n) is 5.62. The summed E-state index contributed by atoms with van der Waals surface area (Å²) in [6, 6.07) is 15.3. The van der Waals surface area contributed by atoms with Gasteiger partial charge in [0.1, 0.15) is 11.9 Å². The van der Waals surface area contributed by atoms with Crippen molar-refractivity contribution >= 4 is 11.6 Å². The molecule has 2 aliphatic heterocycles. The summed E-state index contributed by atoms with van der Waals surface area (Å²) in [4.78, 5) is 14.5. The number of epoxide rings is 1. The molecule has 2 aliphatic rings. The second-order valence-corrected chi connectivity index (χ2v) is 5.62. The number of terminal acetylenes is 1. The maximum atomic E-state index is 12.9. The van der Waals surface area contributed by atoms with Crippen molar-refractivity contribution < 1.29 is 14.3 Å². The molecule has 1 saturated heterocycles. The molecular formula is C19H15NO3. The Kier molecular flexibility index (Phi) is 2.93. The quantitative estimate of drug-likeness (QED) is 0.647. The molecule has 1 amide bonds. The Labute approximate surface area is 134 Å². The predicted octanol–water partition coefficient (Wildman–Crippen LogP) is 2.64. The van der Waals surface area contributed by atoms with E-state index >= 15 is 0 Å². The average molecular weight is 305 g/mol. The third-order valence-electron chi connectivity index (χ3n) is 4.44. The van der Waals surface area contributed by atoms with Crippen LogP contribution in [0.3, 0.4) is 0 Å². The van der Waals surface area contributed by atoms with E-state index in [4.69, 9.17) is 15.9 Å². The molecule has 0 bridgehead atoms. The maximum absolute atomic E-state index is 12.9. The van der Waals surface area contributed by atoms with E-state index in [0.29, 0.717) is 0 Å². The molecule has 0 unspecified atom stereocenters. The summed E-state index contributed by atoms with van der Waals surface area (Å²) < 4.78 is 11.1. The summed E-state index contributed by atoms with van der Waals surface area (Å²) in [5.41, 5.74) is 1.76. The van der Waals surface area contributed by atoms with Crippen LogP contribution in [0.4, 0.5) is 5.69 Å². The summed E-state index contributed by atoms with van der Waals surface area (Å²) in [7, 11) is 1.62. The van der Waals surface area contributed by atoms with Crippen molar-refractivity contribution in [3.63, 3.8) is 0 Å². The minimum Gasteiger partial charge on any atom is -0.497 e. The van der Waals surface area contributed by atoms with Crippen molar-refractivity contribution in [2.45, 2.75) is 11.7 Å². The number of carbonyl (C=O) groups excluding carboxylic acids is 1. The van der Waals surface area contributed by atoms with E-state index in [-0.39, 0.29) is 18.6 Å². The maximum Gasteiger partial charge on any atom is 0.267 e. The topological polar surface area (TPSA) is 42.1 Å². The Morgan fingerprint density at radius 3 is 2.70 bits per heavy atom. The lowest BCUT2D eigenvalue weighted by molar-refractivity contribution is -0.122. The van der Waals surface area contributed by atoms with Gasteiger partial charge in [-0.15, -0.1) is 6.42 Å². The zero-order valence-corrected chi connectivity index (χ0v) is 12.7. The van der Waals surface area contributed by atoms with E-state index in [1.807, 2.05) is 48.5 Å². The summed E-state index contributed by atoms with van der Waals surface area (Å²) in [5, 5.41) is 0. The summed E-state index contributed by atoms with van der Waals surface area (Å²) in [6.45, 7) is 0.246. The minimum atomic E-state index is -0.929. The number of hydrogen-bond donors (Lipinski definition) is 0. The first kappa shape index (κ1) is 13.9. The van der Waals surface area contributed by atoms with Crippen LogP contribution in [0.15, 0.2) is 48.5 Å². The van der Waals surface area contributed by atoms with Crippen LogP contribution in [-0.2, 0) is 15.1 Å². The molecule has 0 saturated carbocycles. The van der Waals surface area contributed by atoms with Crippen LogP contribution in [0.5, 0.6) is 5.75 Å². The number of anilines is 1. The molecule has 2 atom stereocenters. The monoisotopic (exact) mass is 305 g/mol. The number of hydrogen-bond acceptors (Lipinski definition) is 3. The van der Waals surface area contributed by atoms with E-state index < -0.39 is 5.60 Å². The lowest BCUT2D eigenvalue weighted by atomic mass is 9.93. The molecule has 1 fully saturated rings. The highest BCUT2D eigenvalue weighted by atomic mass is 16.6. The zero-order valence-electron chi connectivity index (χ0n) is 12.7. The summed E-state index contributed by atoms with van der Waals surface area (Å²) in [5.74, 6) is 3.24. The molecule has 1 spiro atoms. The molecule has 0 radical (unpaired) electrons. The van der Waals surface area contributed by atoms with Gasteiger partial charge in [0.25, 0.3) is 5.91 Å². The molecule has 0 aromatic heterocycles. The van der Waals surface area contributed by atoms with Crippen LogP contribution < -0.4 is 9.64 Å². The van der Waals surface area contributed by atoms with Gasteiger partial charge in [-0.2, -0.15) is 0 Å². The molecule has 114 valence electrons. The SMILES string of the molecule is C#CCN1C(=O)[C@]2(O[C@@H]2c2ccc(OC)cc2)c2ccccc21. The smallest absolute Gasteiger partial charge is 0.267 e. The third kappa shape index (κ3) is 1.81. The Morgan fingerprint density at radius 1 is 1.26 bits per heavy atom. The van der Waals surface area contributed by atoms with E-state index in [9.17, 15) is 4.79 Å². The van der Waals surface area contributed by atoms with Gasteiger partial charge in [-0.05, 0) is 23.8 Å². The fourth-order valence-corrected chi connectivity index (χ4v) is 3.30. The predicted molar refractivity (Wildman–Crippen MR) is 86.1 cm³/mol. The van der Waals surface area contributed by atoms with Crippen LogP contribution in [0.2, 0.25) is 0 Å². The van der Waals surface area contributed by atoms with Gasteiger partial charge in [0.2, 0.25) is 5.60 Å². The third-order valence-corrected chi connectivity index (χ3v) is 4.44.